The number of hydrogen-bond acceptors (Lipinski definition) is 1. The van der Waals surface area contributed by atoms with E-state index in [1.165, 1.54) is 6.07 Å². The maximum Gasteiger partial charge on any atom is 1.00 e. The van der Waals surface area contributed by atoms with Crippen molar-refractivity contribution in [2.75, 3.05) is 6.61 Å². The van der Waals surface area contributed by atoms with E-state index in [4.69, 9.17) is 4.74 Å². The van der Waals surface area contributed by atoms with Crippen molar-refractivity contribution in [2.45, 2.75) is 27.2 Å². The summed E-state index contributed by atoms with van der Waals surface area (Å²) in [7, 11) is 0. The molecular weight excluding hydrogens is 267 g/mol. The third-order valence-corrected chi connectivity index (χ3v) is 2.80. The minimum absolute atomic E-state index is 0. The summed E-state index contributed by atoms with van der Waals surface area (Å²) in [6.45, 7) is 1.34. The first-order valence-electron chi connectivity index (χ1n) is 5.78. The molecule has 0 bridgehead atoms. The summed E-state index contributed by atoms with van der Waals surface area (Å²) >= 11 is 0. The molecule has 18 heavy (non-hydrogen) atoms. The Labute approximate surface area is 149 Å². The summed E-state index contributed by atoms with van der Waals surface area (Å²) in [6.07, 6.45) is 0.989. The molecule has 0 aliphatic carbocycles. The third-order valence-electron chi connectivity index (χ3n) is 2.80. The van der Waals surface area contributed by atoms with E-state index in [9.17, 15) is 12.9 Å². The van der Waals surface area contributed by atoms with Gasteiger partial charge in [0.25, 0.3) is 0 Å². The van der Waals surface area contributed by atoms with E-state index in [1.54, 1.807) is 6.92 Å². The van der Waals surface area contributed by atoms with Crippen molar-refractivity contribution in [2.24, 2.45) is 5.92 Å². The van der Waals surface area contributed by atoms with Gasteiger partial charge in [-0.25, -0.2) is 0 Å². The second-order valence-electron chi connectivity index (χ2n) is 4.42. The molecular formula is C12H17BF3KO. The van der Waals surface area contributed by atoms with E-state index in [0.717, 1.165) is 18.6 Å². The first-order valence-corrected chi connectivity index (χ1v) is 5.78. The van der Waals surface area contributed by atoms with Crippen LogP contribution in [0.25, 0.3) is 0 Å². The predicted molar refractivity (Wildman–Crippen MR) is 64.8 cm³/mol. The minimum Gasteiger partial charge on any atom is -0.493 e. The van der Waals surface area contributed by atoms with E-state index < -0.39 is 12.4 Å². The van der Waals surface area contributed by atoms with Gasteiger partial charge < -0.3 is 17.7 Å². The van der Waals surface area contributed by atoms with E-state index in [-0.39, 0.29) is 51.4 Å². The van der Waals surface area contributed by atoms with Crippen LogP contribution >= 0.6 is 0 Å². The van der Waals surface area contributed by atoms with Gasteiger partial charge >= 0.3 is 58.4 Å². The first kappa shape index (κ1) is 18.5. The molecule has 0 N–H and O–H groups in total. The molecule has 0 saturated heterocycles. The summed E-state index contributed by atoms with van der Waals surface area (Å²) in [5.41, 5.74) is -0.0385. The molecule has 6 heteroatoms. The minimum atomic E-state index is -4.92. The first-order chi connectivity index (χ1) is 7.84. The number of hydrogen-bond donors (Lipinski definition) is 0. The zero-order chi connectivity index (χ0) is 13.1. The van der Waals surface area contributed by atoms with E-state index >= 15 is 0 Å². The zero-order valence-electron chi connectivity index (χ0n) is 11.3. The van der Waals surface area contributed by atoms with Gasteiger partial charge in [-0.05, 0) is 24.5 Å². The Morgan fingerprint density at radius 1 is 1.28 bits per heavy atom. The van der Waals surface area contributed by atoms with Gasteiger partial charge in [-0.3, -0.25) is 0 Å². The SMILES string of the molecule is CCC(C)COc1ccc([B-](F)(F)F)cc1C.[K+]. The number of rotatable bonds is 5. The molecule has 0 fully saturated rings. The molecule has 0 aliphatic heterocycles. The van der Waals surface area contributed by atoms with E-state index in [1.807, 2.05) is 6.92 Å². The maximum absolute atomic E-state index is 12.5. The average Bonchev–Trinajstić information content (AvgIpc) is 2.25. The molecule has 0 saturated carbocycles. The summed E-state index contributed by atoms with van der Waals surface area (Å²) in [4.78, 5) is 0. The molecule has 1 rings (SSSR count). The maximum atomic E-state index is 12.5. The Kier molecular flexibility index (Phi) is 8.17. The van der Waals surface area contributed by atoms with Crippen molar-refractivity contribution in [3.8, 4) is 5.75 Å². The summed E-state index contributed by atoms with van der Waals surface area (Å²) in [5, 5.41) is 0. The molecule has 0 amide bonds. The number of halogens is 3. The molecule has 0 radical (unpaired) electrons. The Balaban J connectivity index is 0.00000289. The Hall–Kier alpha value is 0.511. The van der Waals surface area contributed by atoms with Gasteiger partial charge in [-0.2, -0.15) is 0 Å². The van der Waals surface area contributed by atoms with Gasteiger partial charge in [-0.15, -0.1) is 5.46 Å². The Morgan fingerprint density at radius 3 is 2.33 bits per heavy atom. The van der Waals surface area contributed by atoms with Gasteiger partial charge in [0.1, 0.15) is 5.75 Å². The molecule has 1 aromatic rings. The Morgan fingerprint density at radius 2 is 1.89 bits per heavy atom. The van der Waals surface area contributed by atoms with Crippen LogP contribution in [0.3, 0.4) is 0 Å². The van der Waals surface area contributed by atoms with Crippen molar-refractivity contribution in [1.82, 2.24) is 0 Å². The van der Waals surface area contributed by atoms with Crippen LogP contribution in [-0.2, 0) is 0 Å². The summed E-state index contributed by atoms with van der Waals surface area (Å²) < 4.78 is 43.0. The van der Waals surface area contributed by atoms with Gasteiger partial charge in [0.15, 0.2) is 0 Å². The monoisotopic (exact) mass is 284 g/mol. The molecule has 96 valence electrons. The molecule has 1 nitrogen and oxygen atoms in total. The summed E-state index contributed by atoms with van der Waals surface area (Å²) in [6, 6.07) is 3.63. The number of aryl methyl sites for hydroxylation is 1. The van der Waals surface area contributed by atoms with Crippen LogP contribution in [0.2, 0.25) is 0 Å². The van der Waals surface area contributed by atoms with Crippen molar-refractivity contribution >= 4 is 12.4 Å². The van der Waals surface area contributed by atoms with E-state index in [2.05, 4.69) is 6.92 Å². The molecule has 1 atom stereocenters. The molecule has 1 aromatic carbocycles. The standard InChI is InChI=1S/C12H17BF3O.K/c1-4-9(2)8-17-12-6-5-11(7-10(12)3)13(14,15)16;/h5-7,9H,4,8H2,1-3H3;/q-1;+1. The normalized spacial score (nSPS) is 12.8. The second-order valence-corrected chi connectivity index (χ2v) is 4.42. The largest absolute Gasteiger partial charge is 1.00 e. The third kappa shape index (κ3) is 5.65. The molecule has 1 unspecified atom stereocenters. The van der Waals surface area contributed by atoms with Crippen molar-refractivity contribution in [3.05, 3.63) is 23.8 Å². The van der Waals surface area contributed by atoms with Crippen molar-refractivity contribution < 1.29 is 69.1 Å². The van der Waals surface area contributed by atoms with Crippen LogP contribution in [0.15, 0.2) is 18.2 Å². The predicted octanol–water partition coefficient (Wildman–Crippen LogP) is 0.478. The van der Waals surface area contributed by atoms with Gasteiger partial charge in [0.2, 0.25) is 0 Å². The second kappa shape index (κ2) is 7.95. The summed E-state index contributed by atoms with van der Waals surface area (Å²) in [5.74, 6) is 0.940. The van der Waals surface area contributed by atoms with E-state index in [0.29, 0.717) is 23.8 Å². The van der Waals surface area contributed by atoms with Crippen LogP contribution in [0.5, 0.6) is 5.75 Å². The van der Waals surface area contributed by atoms with Crippen LogP contribution < -0.4 is 61.6 Å². The molecule has 0 spiro atoms. The van der Waals surface area contributed by atoms with Gasteiger partial charge in [-0.1, -0.05) is 32.4 Å². The fraction of sp³-hybridized carbons (Fsp3) is 0.500. The molecule has 0 aromatic heterocycles. The van der Waals surface area contributed by atoms with Gasteiger partial charge in [0, 0.05) is 0 Å². The topological polar surface area (TPSA) is 9.23 Å². The molecule has 0 heterocycles. The van der Waals surface area contributed by atoms with Crippen LogP contribution in [0.4, 0.5) is 12.9 Å². The Bertz CT molecular complexity index is 382. The zero-order valence-corrected chi connectivity index (χ0v) is 14.5. The van der Waals surface area contributed by atoms with Crippen LogP contribution in [-0.4, -0.2) is 13.6 Å². The van der Waals surface area contributed by atoms with Crippen molar-refractivity contribution in [1.29, 1.82) is 0 Å². The van der Waals surface area contributed by atoms with Gasteiger partial charge in [0.05, 0.1) is 6.61 Å². The fourth-order valence-electron chi connectivity index (χ4n) is 1.39. The van der Waals surface area contributed by atoms with Crippen LogP contribution in [0.1, 0.15) is 25.8 Å². The van der Waals surface area contributed by atoms with Crippen LogP contribution in [0, 0.1) is 12.8 Å². The quantitative estimate of drug-likeness (QED) is 0.715. The fourth-order valence-corrected chi connectivity index (χ4v) is 1.39. The average molecular weight is 284 g/mol. The number of ether oxygens (including phenoxy) is 1. The molecule has 0 aliphatic rings. The smallest absolute Gasteiger partial charge is 0.493 e. The number of benzene rings is 1. The van der Waals surface area contributed by atoms with Crippen molar-refractivity contribution in [3.63, 3.8) is 0 Å².